The van der Waals surface area contributed by atoms with Crippen molar-refractivity contribution in [3.63, 3.8) is 0 Å². The molecule has 2 rings (SSSR count). The highest BCUT2D eigenvalue weighted by Crippen LogP contribution is 2.34. The van der Waals surface area contributed by atoms with Crippen LogP contribution in [-0.2, 0) is 19.2 Å². The van der Waals surface area contributed by atoms with Gasteiger partial charge in [0.1, 0.15) is 6.04 Å². The summed E-state index contributed by atoms with van der Waals surface area (Å²) < 4.78 is 36.6. The predicted molar refractivity (Wildman–Crippen MR) is 88.3 cm³/mol. The average molecular weight is 408 g/mol. The molecule has 0 aromatic carbocycles. The molecule has 1 heterocycles. The van der Waals surface area contributed by atoms with E-state index in [-0.39, 0.29) is 18.9 Å². The Bertz CT molecular complexity index is 638. The van der Waals surface area contributed by atoms with E-state index in [4.69, 9.17) is 5.73 Å². The van der Waals surface area contributed by atoms with Crippen molar-refractivity contribution in [3.8, 4) is 0 Å². The second-order valence-corrected chi connectivity index (χ2v) is 7.07. The Kier molecular flexibility index (Phi) is 6.86. The van der Waals surface area contributed by atoms with Crippen LogP contribution in [0, 0.1) is 5.92 Å². The first kappa shape index (κ1) is 21.9. The molecule has 1 saturated heterocycles. The largest absolute Gasteiger partial charge is 0.471 e. The zero-order valence-electron chi connectivity index (χ0n) is 15.0. The molecule has 0 aromatic heterocycles. The second kappa shape index (κ2) is 8.76. The summed E-state index contributed by atoms with van der Waals surface area (Å²) in [5.74, 6) is -4.42. The van der Waals surface area contributed by atoms with E-state index in [1.54, 1.807) is 0 Å². The van der Waals surface area contributed by atoms with E-state index in [9.17, 15) is 37.5 Å². The van der Waals surface area contributed by atoms with Crippen LogP contribution in [0.1, 0.15) is 32.1 Å². The number of alkyl halides is 3. The van der Waals surface area contributed by atoms with Gasteiger partial charge in [-0.05, 0) is 25.2 Å². The number of primary amides is 1. The fraction of sp³-hybridized carbons (Fsp3) is 0.750. The Morgan fingerprint density at radius 1 is 1.18 bits per heavy atom. The SMILES string of the molecule is NC(=O)C(O)C(CC1CC1)NC(=O)C1CCCN1C(=O)CNC(=O)C(F)(F)F. The van der Waals surface area contributed by atoms with Crippen molar-refractivity contribution >= 4 is 23.6 Å². The molecule has 1 saturated carbocycles. The lowest BCUT2D eigenvalue weighted by Crippen LogP contribution is -2.55. The Balaban J connectivity index is 1.95. The second-order valence-electron chi connectivity index (χ2n) is 7.07. The summed E-state index contributed by atoms with van der Waals surface area (Å²) in [5, 5.41) is 13.9. The fourth-order valence-corrected chi connectivity index (χ4v) is 3.15. The van der Waals surface area contributed by atoms with Gasteiger partial charge in [0, 0.05) is 6.54 Å². The number of rotatable bonds is 8. The summed E-state index contributed by atoms with van der Waals surface area (Å²) in [5.41, 5.74) is 5.10. The summed E-state index contributed by atoms with van der Waals surface area (Å²) in [7, 11) is 0. The third-order valence-corrected chi connectivity index (χ3v) is 4.82. The highest BCUT2D eigenvalue weighted by molar-refractivity contribution is 5.92. The average Bonchev–Trinajstić information content (AvgIpc) is 3.28. The first-order valence-electron chi connectivity index (χ1n) is 8.93. The van der Waals surface area contributed by atoms with Crippen molar-refractivity contribution in [1.29, 1.82) is 0 Å². The van der Waals surface area contributed by atoms with Gasteiger partial charge in [-0.15, -0.1) is 0 Å². The maximum Gasteiger partial charge on any atom is 0.471 e. The van der Waals surface area contributed by atoms with Gasteiger partial charge < -0.3 is 26.4 Å². The molecule has 0 bridgehead atoms. The zero-order chi connectivity index (χ0) is 21.1. The summed E-state index contributed by atoms with van der Waals surface area (Å²) in [4.78, 5) is 47.9. The Labute approximate surface area is 158 Å². The molecule has 2 aliphatic rings. The molecule has 28 heavy (non-hydrogen) atoms. The van der Waals surface area contributed by atoms with E-state index < -0.39 is 54.5 Å². The first-order valence-corrected chi connectivity index (χ1v) is 8.93. The van der Waals surface area contributed by atoms with Gasteiger partial charge in [0.2, 0.25) is 17.7 Å². The minimum atomic E-state index is -5.11. The van der Waals surface area contributed by atoms with Gasteiger partial charge in [-0.3, -0.25) is 19.2 Å². The molecule has 3 atom stereocenters. The highest BCUT2D eigenvalue weighted by atomic mass is 19.4. The number of aliphatic hydroxyl groups is 1. The van der Waals surface area contributed by atoms with Gasteiger partial charge in [0.05, 0.1) is 12.6 Å². The van der Waals surface area contributed by atoms with E-state index in [1.165, 1.54) is 5.32 Å². The molecule has 2 fully saturated rings. The molecule has 4 amide bonds. The molecular weight excluding hydrogens is 385 g/mol. The van der Waals surface area contributed by atoms with Crippen LogP contribution in [0.15, 0.2) is 0 Å². The quantitative estimate of drug-likeness (QED) is 0.399. The molecule has 0 spiro atoms. The number of nitrogens with one attached hydrogen (secondary N) is 2. The maximum absolute atomic E-state index is 12.6. The van der Waals surface area contributed by atoms with Gasteiger partial charge in [-0.2, -0.15) is 13.2 Å². The van der Waals surface area contributed by atoms with E-state index in [0.717, 1.165) is 17.7 Å². The predicted octanol–water partition coefficient (Wildman–Crippen LogP) is -1.21. The van der Waals surface area contributed by atoms with Crippen molar-refractivity contribution in [1.82, 2.24) is 15.5 Å². The van der Waals surface area contributed by atoms with Crippen LogP contribution >= 0.6 is 0 Å². The number of hydrogen-bond acceptors (Lipinski definition) is 5. The fourth-order valence-electron chi connectivity index (χ4n) is 3.15. The number of halogens is 3. The Morgan fingerprint density at radius 3 is 2.36 bits per heavy atom. The molecule has 3 unspecified atom stereocenters. The minimum absolute atomic E-state index is 0.143. The summed E-state index contributed by atoms with van der Waals surface area (Å²) in [6.07, 6.45) is -3.80. The van der Waals surface area contributed by atoms with Crippen molar-refractivity contribution in [2.45, 2.75) is 56.5 Å². The number of carbonyl (C=O) groups excluding carboxylic acids is 4. The number of aliphatic hydroxyl groups excluding tert-OH is 1. The van der Waals surface area contributed by atoms with Crippen LogP contribution in [0.4, 0.5) is 13.2 Å². The Hall–Kier alpha value is -2.37. The standard InChI is InChI=1S/C16H23F3N4O5/c17-16(18,19)15(28)21-7-11(24)23-5-1-2-10(23)14(27)22-9(6-8-3-4-8)12(25)13(20)26/h8-10,12,25H,1-7H2,(H2,20,26)(H,21,28)(H,22,27). The maximum atomic E-state index is 12.6. The smallest absolute Gasteiger partial charge is 0.381 e. The molecule has 5 N–H and O–H groups in total. The molecule has 12 heteroatoms. The molecule has 158 valence electrons. The number of nitrogens with two attached hydrogens (primary N) is 1. The van der Waals surface area contributed by atoms with E-state index in [2.05, 4.69) is 5.32 Å². The zero-order valence-corrected chi connectivity index (χ0v) is 15.0. The summed E-state index contributed by atoms with van der Waals surface area (Å²) >= 11 is 0. The third-order valence-electron chi connectivity index (χ3n) is 4.82. The normalized spacial score (nSPS) is 21.7. The number of amides is 4. The van der Waals surface area contributed by atoms with Gasteiger partial charge in [-0.25, -0.2) is 0 Å². The molecule has 1 aliphatic carbocycles. The lowest BCUT2D eigenvalue weighted by molar-refractivity contribution is -0.174. The van der Waals surface area contributed by atoms with Crippen LogP contribution in [0.3, 0.4) is 0 Å². The van der Waals surface area contributed by atoms with E-state index in [0.29, 0.717) is 12.8 Å². The molecule has 1 aliphatic heterocycles. The summed E-state index contributed by atoms with van der Waals surface area (Å²) in [6, 6.07) is -1.86. The minimum Gasteiger partial charge on any atom is -0.381 e. The topological polar surface area (TPSA) is 142 Å². The van der Waals surface area contributed by atoms with Gasteiger partial charge in [0.15, 0.2) is 6.10 Å². The molecule has 9 nitrogen and oxygen atoms in total. The molecule has 0 radical (unpaired) electrons. The Morgan fingerprint density at radius 2 is 1.82 bits per heavy atom. The van der Waals surface area contributed by atoms with Gasteiger partial charge in [-0.1, -0.05) is 12.8 Å². The van der Waals surface area contributed by atoms with Crippen molar-refractivity contribution < 1.29 is 37.5 Å². The van der Waals surface area contributed by atoms with Crippen molar-refractivity contribution in [2.75, 3.05) is 13.1 Å². The highest BCUT2D eigenvalue weighted by Gasteiger charge is 2.41. The third kappa shape index (κ3) is 5.81. The van der Waals surface area contributed by atoms with Crippen LogP contribution in [0.5, 0.6) is 0 Å². The van der Waals surface area contributed by atoms with Crippen LogP contribution in [0.2, 0.25) is 0 Å². The molecule has 0 aromatic rings. The van der Waals surface area contributed by atoms with E-state index >= 15 is 0 Å². The van der Waals surface area contributed by atoms with Gasteiger partial charge >= 0.3 is 12.1 Å². The van der Waals surface area contributed by atoms with Crippen LogP contribution < -0.4 is 16.4 Å². The lowest BCUT2D eigenvalue weighted by Gasteiger charge is -2.28. The van der Waals surface area contributed by atoms with Crippen LogP contribution in [0.25, 0.3) is 0 Å². The number of nitrogens with zero attached hydrogens (tertiary/aromatic N) is 1. The van der Waals surface area contributed by atoms with Gasteiger partial charge in [0.25, 0.3) is 0 Å². The van der Waals surface area contributed by atoms with Crippen molar-refractivity contribution in [2.24, 2.45) is 11.7 Å². The first-order chi connectivity index (χ1) is 13.0. The van der Waals surface area contributed by atoms with Crippen LogP contribution in [-0.4, -0.2) is 71.1 Å². The number of likely N-dealkylation sites (tertiary alicyclic amines) is 1. The number of hydrogen-bond donors (Lipinski definition) is 4. The monoisotopic (exact) mass is 408 g/mol. The van der Waals surface area contributed by atoms with E-state index in [1.807, 2.05) is 0 Å². The number of carbonyl (C=O) groups is 4. The van der Waals surface area contributed by atoms with Crippen molar-refractivity contribution in [3.05, 3.63) is 0 Å². The molecular formula is C16H23F3N4O5. The lowest BCUT2D eigenvalue weighted by atomic mass is 10.0. The summed E-state index contributed by atoms with van der Waals surface area (Å²) in [6.45, 7) is -0.748.